The van der Waals surface area contributed by atoms with Crippen LogP contribution in [0.15, 0.2) is 48.5 Å². The summed E-state index contributed by atoms with van der Waals surface area (Å²) in [5, 5.41) is 0. The van der Waals surface area contributed by atoms with E-state index >= 15 is 0 Å². The molecule has 1 atom stereocenters. The van der Waals surface area contributed by atoms with E-state index in [0.717, 1.165) is 17.0 Å². The quantitative estimate of drug-likeness (QED) is 0.696. The second kappa shape index (κ2) is 5.97. The zero-order chi connectivity index (χ0) is 15.5. The molecule has 1 heterocycles. The van der Waals surface area contributed by atoms with E-state index in [0.29, 0.717) is 18.8 Å². The van der Waals surface area contributed by atoms with Crippen molar-refractivity contribution < 1.29 is 14.3 Å². The van der Waals surface area contributed by atoms with E-state index in [4.69, 9.17) is 15.2 Å². The minimum Gasteiger partial charge on any atom is -0.490 e. The zero-order valence-corrected chi connectivity index (χ0v) is 12.4. The Bertz CT molecular complexity index is 673. The Balaban J connectivity index is 2.07. The topological polar surface area (TPSA) is 64.8 Å². The lowest BCUT2D eigenvalue weighted by Gasteiger charge is -2.36. The fraction of sp³-hybridized carbons (Fsp3) is 0.235. The van der Waals surface area contributed by atoms with E-state index in [9.17, 15) is 4.79 Å². The van der Waals surface area contributed by atoms with Gasteiger partial charge < -0.3 is 20.1 Å². The van der Waals surface area contributed by atoms with Gasteiger partial charge in [-0.3, -0.25) is 0 Å². The van der Waals surface area contributed by atoms with E-state index < -0.39 is 6.04 Å². The smallest absolute Gasteiger partial charge is 0.333 e. The molecule has 0 saturated carbocycles. The van der Waals surface area contributed by atoms with Crippen molar-refractivity contribution in [2.24, 2.45) is 0 Å². The van der Waals surface area contributed by atoms with Gasteiger partial charge in [0.05, 0.1) is 19.3 Å². The normalized spacial score (nSPS) is 14.7. The van der Waals surface area contributed by atoms with Crippen molar-refractivity contribution in [3.05, 3.63) is 54.1 Å². The molecular weight excluding hydrogens is 280 g/mol. The van der Waals surface area contributed by atoms with Gasteiger partial charge in [-0.1, -0.05) is 30.3 Å². The number of carbonyl (C=O) groups is 1. The molecule has 0 fully saturated rings. The number of ether oxygens (including phenoxy) is 2. The van der Waals surface area contributed by atoms with Crippen LogP contribution < -0.4 is 15.4 Å². The van der Waals surface area contributed by atoms with E-state index in [1.54, 1.807) is 6.07 Å². The third-order valence-electron chi connectivity index (χ3n) is 3.73. The Labute approximate surface area is 129 Å². The highest BCUT2D eigenvalue weighted by Gasteiger charge is 2.32. The molecule has 0 radical (unpaired) electrons. The first-order chi connectivity index (χ1) is 10.7. The number of anilines is 2. The highest BCUT2D eigenvalue weighted by Crippen LogP contribution is 2.38. The third-order valence-corrected chi connectivity index (χ3v) is 3.73. The molecule has 22 heavy (non-hydrogen) atoms. The van der Waals surface area contributed by atoms with Crippen LogP contribution in [-0.2, 0) is 9.53 Å². The van der Waals surface area contributed by atoms with Crippen molar-refractivity contribution in [1.29, 1.82) is 0 Å². The molecule has 2 aromatic rings. The molecule has 1 unspecified atom stereocenters. The molecule has 1 aliphatic heterocycles. The van der Waals surface area contributed by atoms with Crippen LogP contribution in [0.3, 0.4) is 0 Å². The van der Waals surface area contributed by atoms with Gasteiger partial charge in [0.15, 0.2) is 6.04 Å². The summed E-state index contributed by atoms with van der Waals surface area (Å²) in [7, 11) is 1.40. The average molecular weight is 298 g/mol. The van der Waals surface area contributed by atoms with Crippen LogP contribution >= 0.6 is 0 Å². The van der Waals surface area contributed by atoms with Gasteiger partial charge in [0.25, 0.3) is 0 Å². The Kier molecular flexibility index (Phi) is 3.87. The number of fused-ring (bicyclic) bond motifs is 1. The fourth-order valence-corrected chi connectivity index (χ4v) is 2.71. The van der Waals surface area contributed by atoms with Crippen LogP contribution in [0.25, 0.3) is 0 Å². The van der Waals surface area contributed by atoms with Gasteiger partial charge in [-0.05, 0) is 23.8 Å². The summed E-state index contributed by atoms with van der Waals surface area (Å²) in [6.07, 6.45) is 0. The molecule has 0 amide bonds. The Morgan fingerprint density at radius 1 is 1.27 bits per heavy atom. The zero-order valence-electron chi connectivity index (χ0n) is 12.4. The predicted molar refractivity (Wildman–Crippen MR) is 84.9 cm³/mol. The van der Waals surface area contributed by atoms with Crippen molar-refractivity contribution >= 4 is 17.3 Å². The summed E-state index contributed by atoms with van der Waals surface area (Å²) < 4.78 is 10.7. The van der Waals surface area contributed by atoms with Crippen molar-refractivity contribution in [2.45, 2.75) is 6.04 Å². The molecule has 5 heteroatoms. The van der Waals surface area contributed by atoms with Gasteiger partial charge in [0.1, 0.15) is 12.4 Å². The Morgan fingerprint density at radius 3 is 2.77 bits per heavy atom. The fourth-order valence-electron chi connectivity index (χ4n) is 2.71. The number of esters is 1. The number of rotatable bonds is 3. The number of nitrogen functional groups attached to an aromatic ring is 1. The minimum atomic E-state index is -0.518. The first-order valence-corrected chi connectivity index (χ1v) is 7.12. The van der Waals surface area contributed by atoms with Gasteiger partial charge in [0, 0.05) is 5.69 Å². The highest BCUT2D eigenvalue weighted by atomic mass is 16.5. The summed E-state index contributed by atoms with van der Waals surface area (Å²) in [4.78, 5) is 14.4. The lowest BCUT2D eigenvalue weighted by atomic mass is 10.0. The lowest BCUT2D eigenvalue weighted by Crippen LogP contribution is -2.40. The molecule has 114 valence electrons. The van der Waals surface area contributed by atoms with Crippen molar-refractivity contribution in [2.75, 3.05) is 30.9 Å². The molecule has 3 rings (SSSR count). The maximum absolute atomic E-state index is 12.4. The standard InChI is InChI=1S/C17H18N2O3/c1-21-17(20)16(12-5-3-2-4-6-12)19-9-10-22-15-8-7-13(18)11-14(15)19/h2-8,11,16H,9-10,18H2,1H3. The molecular formula is C17H18N2O3. The maximum Gasteiger partial charge on any atom is 0.333 e. The van der Waals surface area contributed by atoms with Crippen LogP contribution in [-0.4, -0.2) is 26.2 Å². The second-order valence-electron chi connectivity index (χ2n) is 5.11. The molecule has 0 bridgehead atoms. The SMILES string of the molecule is COC(=O)C(c1ccccc1)N1CCOc2ccc(N)cc21. The molecule has 0 saturated heterocycles. The number of methoxy groups -OCH3 is 1. The van der Waals surface area contributed by atoms with E-state index in [1.165, 1.54) is 7.11 Å². The largest absolute Gasteiger partial charge is 0.490 e. The number of hydrogen-bond acceptors (Lipinski definition) is 5. The van der Waals surface area contributed by atoms with Crippen LogP contribution in [0.2, 0.25) is 0 Å². The van der Waals surface area contributed by atoms with Crippen LogP contribution in [0, 0.1) is 0 Å². The Hall–Kier alpha value is -2.69. The number of benzene rings is 2. The van der Waals surface area contributed by atoms with Crippen molar-refractivity contribution in [3.8, 4) is 5.75 Å². The molecule has 1 aliphatic rings. The van der Waals surface area contributed by atoms with Crippen molar-refractivity contribution in [3.63, 3.8) is 0 Å². The van der Waals surface area contributed by atoms with E-state index in [1.807, 2.05) is 47.4 Å². The summed E-state index contributed by atoms with van der Waals surface area (Å²) in [5.41, 5.74) is 8.21. The predicted octanol–water partition coefficient (Wildman–Crippen LogP) is 2.38. The van der Waals surface area contributed by atoms with Crippen LogP contribution in [0.4, 0.5) is 11.4 Å². The molecule has 0 spiro atoms. The highest BCUT2D eigenvalue weighted by molar-refractivity contribution is 5.83. The molecule has 0 aliphatic carbocycles. The summed E-state index contributed by atoms with van der Waals surface area (Å²) in [6, 6.07) is 14.5. The van der Waals surface area contributed by atoms with Crippen LogP contribution in [0.5, 0.6) is 5.75 Å². The van der Waals surface area contributed by atoms with E-state index in [2.05, 4.69) is 0 Å². The lowest BCUT2D eigenvalue weighted by molar-refractivity contribution is -0.142. The third kappa shape index (κ3) is 2.57. The van der Waals surface area contributed by atoms with Gasteiger partial charge in [-0.2, -0.15) is 0 Å². The average Bonchev–Trinajstić information content (AvgIpc) is 2.56. The molecule has 2 N–H and O–H groups in total. The number of nitrogens with zero attached hydrogens (tertiary/aromatic N) is 1. The van der Waals surface area contributed by atoms with E-state index in [-0.39, 0.29) is 5.97 Å². The van der Waals surface area contributed by atoms with Gasteiger partial charge in [0.2, 0.25) is 0 Å². The first kappa shape index (κ1) is 14.3. The molecule has 2 aromatic carbocycles. The van der Waals surface area contributed by atoms with Crippen LogP contribution in [0.1, 0.15) is 11.6 Å². The number of hydrogen-bond donors (Lipinski definition) is 1. The summed E-state index contributed by atoms with van der Waals surface area (Å²) in [6.45, 7) is 1.10. The first-order valence-electron chi connectivity index (χ1n) is 7.12. The van der Waals surface area contributed by atoms with Gasteiger partial charge in [-0.25, -0.2) is 4.79 Å². The summed E-state index contributed by atoms with van der Waals surface area (Å²) in [5.74, 6) is 0.423. The van der Waals surface area contributed by atoms with Crippen molar-refractivity contribution in [1.82, 2.24) is 0 Å². The second-order valence-corrected chi connectivity index (χ2v) is 5.11. The number of nitrogens with two attached hydrogens (primary N) is 1. The maximum atomic E-state index is 12.4. The van der Waals surface area contributed by atoms with Gasteiger partial charge in [-0.15, -0.1) is 0 Å². The monoisotopic (exact) mass is 298 g/mol. The summed E-state index contributed by atoms with van der Waals surface area (Å²) >= 11 is 0. The minimum absolute atomic E-state index is 0.304. The molecule has 0 aromatic heterocycles. The van der Waals surface area contributed by atoms with Gasteiger partial charge >= 0.3 is 5.97 Å². The number of carbonyl (C=O) groups excluding carboxylic acids is 1. The Morgan fingerprint density at radius 2 is 2.05 bits per heavy atom. The molecule has 5 nitrogen and oxygen atoms in total.